The monoisotopic (exact) mass is 326 g/mol. The van der Waals surface area contributed by atoms with E-state index in [1.165, 1.54) is 22.5 Å². The van der Waals surface area contributed by atoms with Crippen molar-refractivity contribution >= 4 is 32.6 Å². The number of ether oxygens (including phenoxy) is 1. The maximum absolute atomic E-state index is 12.0. The third-order valence-electron chi connectivity index (χ3n) is 3.64. The van der Waals surface area contributed by atoms with Crippen LogP contribution in [0.1, 0.15) is 16.7 Å². The highest BCUT2D eigenvalue weighted by Crippen LogP contribution is 2.26. The zero-order chi connectivity index (χ0) is 16.4. The number of hydrogen-bond donors (Lipinski definition) is 1. The van der Waals surface area contributed by atoms with Crippen LogP contribution in [-0.4, -0.2) is 17.5 Å². The molecule has 3 rings (SSSR count). The summed E-state index contributed by atoms with van der Waals surface area (Å²) in [5.74, 6) is 0.488. The third-order valence-corrected chi connectivity index (χ3v) is 4.57. The molecule has 23 heavy (non-hydrogen) atoms. The fourth-order valence-electron chi connectivity index (χ4n) is 2.19. The number of nitrogens with zero attached hydrogens (tertiary/aromatic N) is 1. The summed E-state index contributed by atoms with van der Waals surface area (Å²) in [7, 11) is 0. The van der Waals surface area contributed by atoms with Crippen molar-refractivity contribution in [3.63, 3.8) is 0 Å². The Bertz CT molecular complexity index is 871. The smallest absolute Gasteiger partial charge is 0.264 e. The molecule has 0 bridgehead atoms. The molecule has 118 valence electrons. The van der Waals surface area contributed by atoms with Gasteiger partial charge in [0.25, 0.3) is 5.91 Å². The Morgan fingerprint density at radius 2 is 1.96 bits per heavy atom. The number of aryl methyl sites for hydroxylation is 3. The lowest BCUT2D eigenvalue weighted by atomic mass is 10.1. The second-order valence-electron chi connectivity index (χ2n) is 5.57. The van der Waals surface area contributed by atoms with Crippen molar-refractivity contribution in [2.24, 2.45) is 0 Å². The van der Waals surface area contributed by atoms with Crippen LogP contribution in [0.2, 0.25) is 0 Å². The minimum atomic E-state index is -0.209. The van der Waals surface area contributed by atoms with Crippen LogP contribution in [0.4, 0.5) is 5.13 Å². The molecule has 4 nitrogen and oxygen atoms in total. The molecule has 0 saturated carbocycles. The van der Waals surface area contributed by atoms with Crippen LogP contribution in [0.15, 0.2) is 36.4 Å². The summed E-state index contributed by atoms with van der Waals surface area (Å²) in [6, 6.07) is 11.8. The van der Waals surface area contributed by atoms with Crippen molar-refractivity contribution in [3.8, 4) is 5.75 Å². The second kappa shape index (κ2) is 6.38. The van der Waals surface area contributed by atoms with Gasteiger partial charge in [0.05, 0.1) is 10.2 Å². The lowest BCUT2D eigenvalue weighted by molar-refractivity contribution is -0.118. The molecule has 1 N–H and O–H groups in total. The molecule has 2 aromatic carbocycles. The van der Waals surface area contributed by atoms with Gasteiger partial charge in [-0.05, 0) is 61.7 Å². The first kappa shape index (κ1) is 15.5. The van der Waals surface area contributed by atoms with Gasteiger partial charge in [0.1, 0.15) is 5.75 Å². The van der Waals surface area contributed by atoms with Crippen molar-refractivity contribution < 1.29 is 9.53 Å². The van der Waals surface area contributed by atoms with Crippen LogP contribution in [0.3, 0.4) is 0 Å². The molecule has 0 radical (unpaired) electrons. The van der Waals surface area contributed by atoms with Crippen LogP contribution >= 0.6 is 11.3 Å². The molecule has 0 aliphatic heterocycles. The maximum Gasteiger partial charge on any atom is 0.264 e. The van der Waals surface area contributed by atoms with Gasteiger partial charge >= 0.3 is 0 Å². The van der Waals surface area contributed by atoms with E-state index in [4.69, 9.17) is 4.74 Å². The topological polar surface area (TPSA) is 51.2 Å². The summed E-state index contributed by atoms with van der Waals surface area (Å²) in [5, 5.41) is 3.39. The Kier molecular flexibility index (Phi) is 4.30. The van der Waals surface area contributed by atoms with Gasteiger partial charge in [-0.2, -0.15) is 0 Å². The summed E-state index contributed by atoms with van der Waals surface area (Å²) < 4.78 is 6.60. The number of amides is 1. The molecule has 0 fully saturated rings. The lowest BCUT2D eigenvalue weighted by Gasteiger charge is -2.07. The molecule has 1 aromatic heterocycles. The van der Waals surface area contributed by atoms with Gasteiger partial charge in [0.2, 0.25) is 0 Å². The standard InChI is InChI=1S/C18H18N2O2S/c1-11-4-7-15-16(8-11)23-18(19-15)20-17(21)10-22-14-6-5-12(2)13(3)9-14/h4-9H,10H2,1-3H3,(H,19,20,21). The Hall–Kier alpha value is -2.40. The van der Waals surface area contributed by atoms with E-state index in [0.29, 0.717) is 10.9 Å². The van der Waals surface area contributed by atoms with E-state index in [1.54, 1.807) is 0 Å². The fraction of sp³-hybridized carbons (Fsp3) is 0.222. The molecule has 0 unspecified atom stereocenters. The van der Waals surface area contributed by atoms with Crippen LogP contribution in [-0.2, 0) is 4.79 Å². The molecule has 0 atom stereocenters. The molecule has 1 amide bonds. The maximum atomic E-state index is 12.0. The molecule has 0 spiro atoms. The average Bonchev–Trinajstić information content (AvgIpc) is 2.89. The van der Waals surface area contributed by atoms with Gasteiger partial charge in [0.15, 0.2) is 11.7 Å². The van der Waals surface area contributed by atoms with E-state index < -0.39 is 0 Å². The summed E-state index contributed by atoms with van der Waals surface area (Å²) in [6.07, 6.45) is 0. The van der Waals surface area contributed by atoms with Gasteiger partial charge in [-0.25, -0.2) is 4.98 Å². The Morgan fingerprint density at radius 3 is 2.74 bits per heavy atom. The molecule has 0 aliphatic carbocycles. The molecule has 1 heterocycles. The van der Waals surface area contributed by atoms with E-state index in [0.717, 1.165) is 15.8 Å². The predicted molar refractivity (Wildman–Crippen MR) is 94.4 cm³/mol. The molecular formula is C18H18N2O2S. The van der Waals surface area contributed by atoms with E-state index in [-0.39, 0.29) is 12.5 Å². The Morgan fingerprint density at radius 1 is 1.13 bits per heavy atom. The molecular weight excluding hydrogens is 308 g/mol. The summed E-state index contributed by atoms with van der Waals surface area (Å²) in [4.78, 5) is 16.4. The number of fused-ring (bicyclic) bond motifs is 1. The quantitative estimate of drug-likeness (QED) is 0.780. The van der Waals surface area contributed by atoms with Gasteiger partial charge in [0, 0.05) is 0 Å². The first-order chi connectivity index (χ1) is 11.0. The van der Waals surface area contributed by atoms with Crippen molar-refractivity contribution in [1.29, 1.82) is 0 Å². The van der Waals surface area contributed by atoms with Crippen molar-refractivity contribution in [1.82, 2.24) is 4.98 Å². The van der Waals surface area contributed by atoms with Gasteiger partial charge in [-0.15, -0.1) is 0 Å². The zero-order valence-corrected chi connectivity index (χ0v) is 14.2. The number of thiazole rings is 1. The van der Waals surface area contributed by atoms with E-state index >= 15 is 0 Å². The number of aromatic nitrogens is 1. The Labute approximate surface area is 139 Å². The minimum Gasteiger partial charge on any atom is -0.484 e. The largest absolute Gasteiger partial charge is 0.484 e. The molecule has 5 heteroatoms. The first-order valence-electron chi connectivity index (χ1n) is 7.38. The van der Waals surface area contributed by atoms with Gasteiger partial charge < -0.3 is 4.74 Å². The number of anilines is 1. The average molecular weight is 326 g/mol. The minimum absolute atomic E-state index is 0.0303. The summed E-state index contributed by atoms with van der Waals surface area (Å²) >= 11 is 1.47. The molecule has 0 aliphatic rings. The predicted octanol–water partition coefficient (Wildman–Crippen LogP) is 4.24. The highest BCUT2D eigenvalue weighted by atomic mass is 32.1. The fourth-order valence-corrected chi connectivity index (χ4v) is 3.17. The first-order valence-corrected chi connectivity index (χ1v) is 8.20. The highest BCUT2D eigenvalue weighted by Gasteiger charge is 2.09. The van der Waals surface area contributed by atoms with Crippen molar-refractivity contribution in [2.75, 3.05) is 11.9 Å². The summed E-state index contributed by atoms with van der Waals surface area (Å²) in [5.41, 5.74) is 4.42. The van der Waals surface area contributed by atoms with E-state index in [1.807, 2.05) is 51.1 Å². The van der Waals surface area contributed by atoms with Crippen molar-refractivity contribution in [3.05, 3.63) is 53.1 Å². The second-order valence-corrected chi connectivity index (χ2v) is 6.60. The zero-order valence-electron chi connectivity index (χ0n) is 13.3. The van der Waals surface area contributed by atoms with Crippen LogP contribution in [0.25, 0.3) is 10.2 Å². The van der Waals surface area contributed by atoms with Crippen LogP contribution < -0.4 is 10.1 Å². The number of carbonyl (C=O) groups excluding carboxylic acids is 1. The number of carbonyl (C=O) groups is 1. The lowest BCUT2D eigenvalue weighted by Crippen LogP contribution is -2.20. The van der Waals surface area contributed by atoms with Crippen LogP contribution in [0, 0.1) is 20.8 Å². The number of rotatable bonds is 4. The highest BCUT2D eigenvalue weighted by molar-refractivity contribution is 7.22. The van der Waals surface area contributed by atoms with Crippen molar-refractivity contribution in [2.45, 2.75) is 20.8 Å². The summed E-state index contributed by atoms with van der Waals surface area (Å²) in [6.45, 7) is 6.07. The normalized spacial score (nSPS) is 10.7. The molecule has 0 saturated heterocycles. The molecule has 3 aromatic rings. The SMILES string of the molecule is Cc1ccc2nc(NC(=O)COc3ccc(C)c(C)c3)sc2c1. The van der Waals surface area contributed by atoms with Gasteiger partial charge in [-0.3, -0.25) is 10.1 Å². The number of benzene rings is 2. The Balaban J connectivity index is 1.62. The number of nitrogens with one attached hydrogen (secondary N) is 1. The van der Waals surface area contributed by atoms with E-state index in [2.05, 4.69) is 16.4 Å². The third kappa shape index (κ3) is 3.68. The van der Waals surface area contributed by atoms with E-state index in [9.17, 15) is 4.79 Å². The number of hydrogen-bond acceptors (Lipinski definition) is 4. The van der Waals surface area contributed by atoms with Crippen LogP contribution in [0.5, 0.6) is 5.75 Å². The van der Waals surface area contributed by atoms with Gasteiger partial charge in [-0.1, -0.05) is 23.5 Å².